The number of carbonyl (C=O) groups excluding carboxylic acids is 1. The standard InChI is InChI=1S/C18H20N6OS/c19-17-9-14(1-5-20-17)18(25)23-6-2-13(3-7-23)10-24-11-16(21-22-24)15-4-8-26-12-15/h1,4-5,8-9,11-13H,2-3,6-7,10H2,(H2,19,20). The first-order valence-electron chi connectivity index (χ1n) is 8.62. The lowest BCUT2D eigenvalue weighted by Crippen LogP contribution is -2.39. The van der Waals surface area contributed by atoms with E-state index in [9.17, 15) is 4.79 Å². The summed E-state index contributed by atoms with van der Waals surface area (Å²) in [5.41, 5.74) is 8.30. The highest BCUT2D eigenvalue weighted by atomic mass is 32.1. The van der Waals surface area contributed by atoms with Crippen molar-refractivity contribution >= 4 is 23.1 Å². The van der Waals surface area contributed by atoms with E-state index in [0.717, 1.165) is 43.7 Å². The van der Waals surface area contributed by atoms with Gasteiger partial charge in [-0.1, -0.05) is 5.21 Å². The van der Waals surface area contributed by atoms with E-state index in [1.54, 1.807) is 29.7 Å². The Hall–Kier alpha value is -2.74. The fourth-order valence-corrected chi connectivity index (χ4v) is 3.93. The van der Waals surface area contributed by atoms with Crippen molar-refractivity contribution in [2.75, 3.05) is 18.8 Å². The summed E-state index contributed by atoms with van der Waals surface area (Å²) < 4.78 is 1.92. The molecule has 1 fully saturated rings. The minimum absolute atomic E-state index is 0.0260. The summed E-state index contributed by atoms with van der Waals surface area (Å²) in [7, 11) is 0. The Bertz CT molecular complexity index is 883. The molecule has 0 aromatic carbocycles. The molecule has 0 saturated carbocycles. The van der Waals surface area contributed by atoms with Gasteiger partial charge >= 0.3 is 0 Å². The molecule has 8 heteroatoms. The molecule has 0 bridgehead atoms. The topological polar surface area (TPSA) is 89.9 Å². The Balaban J connectivity index is 1.33. The quantitative estimate of drug-likeness (QED) is 0.764. The van der Waals surface area contributed by atoms with Crippen LogP contribution in [0.15, 0.2) is 41.4 Å². The number of nitrogens with two attached hydrogens (primary N) is 1. The molecule has 0 atom stereocenters. The Kier molecular flexibility index (Phi) is 4.66. The highest BCUT2D eigenvalue weighted by Gasteiger charge is 2.24. The molecule has 3 aromatic rings. The van der Waals surface area contributed by atoms with E-state index in [0.29, 0.717) is 17.3 Å². The van der Waals surface area contributed by atoms with Crippen LogP contribution in [0.5, 0.6) is 0 Å². The maximum atomic E-state index is 12.6. The predicted octanol–water partition coefficient (Wildman–Crippen LogP) is 2.54. The lowest BCUT2D eigenvalue weighted by Gasteiger charge is -2.32. The number of rotatable bonds is 4. The number of anilines is 1. The molecule has 134 valence electrons. The number of nitrogens with zero attached hydrogens (tertiary/aromatic N) is 5. The van der Waals surface area contributed by atoms with Gasteiger partial charge in [-0.25, -0.2) is 4.98 Å². The van der Waals surface area contributed by atoms with Crippen molar-refractivity contribution in [1.29, 1.82) is 0 Å². The molecule has 4 rings (SSSR count). The number of aromatic nitrogens is 4. The molecule has 3 aromatic heterocycles. The zero-order valence-corrected chi connectivity index (χ0v) is 15.1. The zero-order valence-electron chi connectivity index (χ0n) is 14.3. The summed E-state index contributed by atoms with van der Waals surface area (Å²) in [6.45, 7) is 2.33. The maximum Gasteiger partial charge on any atom is 0.254 e. The first kappa shape index (κ1) is 16.7. The average molecular weight is 368 g/mol. The van der Waals surface area contributed by atoms with Crippen molar-refractivity contribution in [2.24, 2.45) is 5.92 Å². The van der Waals surface area contributed by atoms with Crippen molar-refractivity contribution in [1.82, 2.24) is 24.9 Å². The second-order valence-corrected chi connectivity index (χ2v) is 7.32. The molecule has 4 heterocycles. The summed E-state index contributed by atoms with van der Waals surface area (Å²) in [6.07, 6.45) is 5.49. The second-order valence-electron chi connectivity index (χ2n) is 6.54. The van der Waals surface area contributed by atoms with E-state index in [4.69, 9.17) is 5.73 Å². The van der Waals surface area contributed by atoms with Crippen molar-refractivity contribution in [3.05, 3.63) is 46.9 Å². The molecule has 26 heavy (non-hydrogen) atoms. The maximum absolute atomic E-state index is 12.6. The van der Waals surface area contributed by atoms with Gasteiger partial charge in [0, 0.05) is 42.3 Å². The fraction of sp³-hybridized carbons (Fsp3) is 0.333. The molecule has 1 aliphatic rings. The summed E-state index contributed by atoms with van der Waals surface area (Å²) in [5, 5.41) is 12.6. The molecule has 7 nitrogen and oxygen atoms in total. The number of thiophene rings is 1. The number of hydrogen-bond donors (Lipinski definition) is 1. The van der Waals surface area contributed by atoms with Gasteiger partial charge in [0.25, 0.3) is 5.91 Å². The van der Waals surface area contributed by atoms with Gasteiger partial charge in [0.1, 0.15) is 11.5 Å². The first-order chi connectivity index (χ1) is 12.7. The lowest BCUT2D eigenvalue weighted by molar-refractivity contribution is 0.0681. The van der Waals surface area contributed by atoms with E-state index in [-0.39, 0.29) is 5.91 Å². The Labute approximate surface area is 155 Å². The molecule has 2 N–H and O–H groups in total. The summed E-state index contributed by atoms with van der Waals surface area (Å²) in [4.78, 5) is 18.4. The van der Waals surface area contributed by atoms with Gasteiger partial charge in [-0.05, 0) is 42.3 Å². The molecule has 0 spiro atoms. The van der Waals surface area contributed by atoms with Crippen LogP contribution in [-0.4, -0.2) is 43.9 Å². The van der Waals surface area contributed by atoms with Crippen LogP contribution in [0.4, 0.5) is 5.82 Å². The van der Waals surface area contributed by atoms with Crippen molar-refractivity contribution in [3.63, 3.8) is 0 Å². The molecule has 1 aliphatic heterocycles. The van der Waals surface area contributed by atoms with Crippen LogP contribution >= 0.6 is 11.3 Å². The van der Waals surface area contributed by atoms with Gasteiger partial charge in [-0.2, -0.15) is 11.3 Å². The molecule has 0 aliphatic carbocycles. The van der Waals surface area contributed by atoms with E-state index in [2.05, 4.69) is 26.7 Å². The Morgan fingerprint density at radius 2 is 2.15 bits per heavy atom. The number of likely N-dealkylation sites (tertiary alicyclic amines) is 1. The smallest absolute Gasteiger partial charge is 0.254 e. The summed E-state index contributed by atoms with van der Waals surface area (Å²) in [5.74, 6) is 0.898. The zero-order chi connectivity index (χ0) is 17.9. The lowest BCUT2D eigenvalue weighted by atomic mass is 9.96. The predicted molar refractivity (Wildman–Crippen MR) is 101 cm³/mol. The van der Waals surface area contributed by atoms with Gasteiger partial charge in [0.15, 0.2) is 0 Å². The number of amides is 1. The average Bonchev–Trinajstić information content (AvgIpc) is 3.33. The third-order valence-electron chi connectivity index (χ3n) is 4.73. The summed E-state index contributed by atoms with van der Waals surface area (Å²) >= 11 is 1.66. The Morgan fingerprint density at radius 3 is 2.88 bits per heavy atom. The molecule has 1 saturated heterocycles. The molecule has 1 amide bonds. The van der Waals surface area contributed by atoms with E-state index in [1.807, 2.05) is 21.2 Å². The van der Waals surface area contributed by atoms with Crippen LogP contribution in [0, 0.1) is 5.92 Å². The normalized spacial score (nSPS) is 15.3. The van der Waals surface area contributed by atoms with E-state index < -0.39 is 0 Å². The number of pyridine rings is 1. The number of nitrogen functional groups attached to an aromatic ring is 1. The SMILES string of the molecule is Nc1cc(C(=O)N2CCC(Cn3cc(-c4ccsc4)nn3)CC2)ccn1. The monoisotopic (exact) mass is 368 g/mol. The van der Waals surface area contributed by atoms with Crippen molar-refractivity contribution in [3.8, 4) is 11.3 Å². The number of carbonyl (C=O) groups is 1. The van der Waals surface area contributed by atoms with Gasteiger partial charge in [-0.3, -0.25) is 9.48 Å². The van der Waals surface area contributed by atoms with Crippen LogP contribution < -0.4 is 5.73 Å². The first-order valence-corrected chi connectivity index (χ1v) is 9.57. The van der Waals surface area contributed by atoms with E-state index in [1.165, 1.54) is 0 Å². The van der Waals surface area contributed by atoms with Crippen LogP contribution in [-0.2, 0) is 6.54 Å². The van der Waals surface area contributed by atoms with Crippen LogP contribution in [0.25, 0.3) is 11.3 Å². The number of hydrogen-bond acceptors (Lipinski definition) is 6. The molecular weight excluding hydrogens is 348 g/mol. The molecular formula is C18H20N6OS. The summed E-state index contributed by atoms with van der Waals surface area (Å²) in [6, 6.07) is 5.40. The van der Waals surface area contributed by atoms with Crippen molar-refractivity contribution < 1.29 is 4.79 Å². The van der Waals surface area contributed by atoms with E-state index >= 15 is 0 Å². The largest absolute Gasteiger partial charge is 0.384 e. The minimum atomic E-state index is 0.0260. The minimum Gasteiger partial charge on any atom is -0.384 e. The Morgan fingerprint density at radius 1 is 1.31 bits per heavy atom. The highest BCUT2D eigenvalue weighted by molar-refractivity contribution is 7.08. The highest BCUT2D eigenvalue weighted by Crippen LogP contribution is 2.23. The van der Waals surface area contributed by atoms with Crippen LogP contribution in [0.3, 0.4) is 0 Å². The number of piperidine rings is 1. The van der Waals surface area contributed by atoms with Gasteiger partial charge < -0.3 is 10.6 Å². The van der Waals surface area contributed by atoms with Gasteiger partial charge in [0.2, 0.25) is 0 Å². The van der Waals surface area contributed by atoms with Crippen LogP contribution in [0.2, 0.25) is 0 Å². The van der Waals surface area contributed by atoms with Gasteiger partial charge in [0.05, 0.1) is 6.20 Å². The molecule has 0 unspecified atom stereocenters. The van der Waals surface area contributed by atoms with Gasteiger partial charge in [-0.15, -0.1) is 5.10 Å². The fourth-order valence-electron chi connectivity index (χ4n) is 3.28. The third kappa shape index (κ3) is 3.60. The van der Waals surface area contributed by atoms with Crippen LogP contribution in [0.1, 0.15) is 23.2 Å². The third-order valence-corrected chi connectivity index (χ3v) is 5.41. The van der Waals surface area contributed by atoms with Crippen molar-refractivity contribution in [2.45, 2.75) is 19.4 Å². The molecule has 0 radical (unpaired) electrons. The second kappa shape index (κ2) is 7.25.